The zero-order valence-electron chi connectivity index (χ0n) is 17.2. The first-order valence-electron chi connectivity index (χ1n) is 9.70. The molecule has 1 N–H and O–H groups in total. The van der Waals surface area contributed by atoms with Gasteiger partial charge in [-0.15, -0.1) is 0 Å². The van der Waals surface area contributed by atoms with Crippen molar-refractivity contribution in [2.45, 2.75) is 20.5 Å². The molecule has 160 valence electrons. The van der Waals surface area contributed by atoms with Crippen LogP contribution in [0.2, 0.25) is 5.02 Å². The number of hydrazone groups is 1. The van der Waals surface area contributed by atoms with Crippen molar-refractivity contribution >= 4 is 46.3 Å². The Bertz CT molecular complexity index is 1080. The lowest BCUT2D eigenvalue weighted by molar-refractivity contribution is 0.0955. The summed E-state index contributed by atoms with van der Waals surface area (Å²) in [6.45, 7) is 4.94. The standard InChI is InChI=1S/C24H22ClIN2O3/c1-3-30-22-13-17(14-27-28-24(29)18-8-10-20(25)11-9-18)12-21(26)23(22)31-15-19-7-5-4-6-16(19)2/h4-14H,3,15H2,1-2H3,(H,28,29)/b27-14-. The molecule has 0 atom stereocenters. The second-order valence-corrected chi connectivity index (χ2v) is 8.28. The SMILES string of the molecule is CCOc1cc(/C=N\NC(=O)c2ccc(Cl)cc2)cc(I)c1OCc1ccccc1C. The van der Waals surface area contributed by atoms with E-state index in [2.05, 4.69) is 46.1 Å². The Balaban J connectivity index is 1.73. The Morgan fingerprint density at radius 2 is 1.87 bits per heavy atom. The van der Waals surface area contributed by atoms with E-state index in [1.807, 2.05) is 37.3 Å². The first-order chi connectivity index (χ1) is 15.0. The number of carbonyl (C=O) groups excluding carboxylic acids is 1. The quantitative estimate of drug-likeness (QED) is 0.214. The summed E-state index contributed by atoms with van der Waals surface area (Å²) in [6.07, 6.45) is 1.57. The maximum Gasteiger partial charge on any atom is 0.271 e. The average Bonchev–Trinajstić information content (AvgIpc) is 2.75. The number of hydrogen-bond acceptors (Lipinski definition) is 4. The molecule has 31 heavy (non-hydrogen) atoms. The predicted molar refractivity (Wildman–Crippen MR) is 132 cm³/mol. The molecule has 0 saturated carbocycles. The molecule has 7 heteroatoms. The minimum absolute atomic E-state index is 0.314. The number of aryl methyl sites for hydroxylation is 1. The van der Waals surface area contributed by atoms with Crippen molar-refractivity contribution in [2.75, 3.05) is 6.61 Å². The molecule has 0 aliphatic rings. The number of benzene rings is 3. The first kappa shape index (κ1) is 23.1. The zero-order chi connectivity index (χ0) is 22.2. The monoisotopic (exact) mass is 548 g/mol. The highest BCUT2D eigenvalue weighted by Crippen LogP contribution is 2.34. The molecule has 1 amide bonds. The fourth-order valence-corrected chi connectivity index (χ4v) is 3.73. The van der Waals surface area contributed by atoms with Gasteiger partial charge in [0.05, 0.1) is 16.4 Å². The van der Waals surface area contributed by atoms with Crippen molar-refractivity contribution in [2.24, 2.45) is 5.10 Å². The summed E-state index contributed by atoms with van der Waals surface area (Å²) in [7, 11) is 0. The van der Waals surface area contributed by atoms with E-state index in [-0.39, 0.29) is 5.91 Å². The molecule has 0 bridgehead atoms. The van der Waals surface area contributed by atoms with E-state index in [9.17, 15) is 4.79 Å². The number of hydrogen-bond donors (Lipinski definition) is 1. The Hall–Kier alpha value is -2.58. The van der Waals surface area contributed by atoms with Gasteiger partial charge in [-0.25, -0.2) is 5.43 Å². The summed E-state index contributed by atoms with van der Waals surface area (Å²) in [5, 5.41) is 4.63. The van der Waals surface area contributed by atoms with Gasteiger partial charge in [-0.05, 0) is 89.5 Å². The highest BCUT2D eigenvalue weighted by molar-refractivity contribution is 14.1. The topological polar surface area (TPSA) is 59.9 Å². The third-order valence-corrected chi connectivity index (χ3v) is 5.50. The van der Waals surface area contributed by atoms with Crippen LogP contribution in [0.25, 0.3) is 0 Å². The van der Waals surface area contributed by atoms with Gasteiger partial charge >= 0.3 is 0 Å². The second-order valence-electron chi connectivity index (χ2n) is 6.68. The second kappa shape index (κ2) is 11.2. The molecule has 3 aromatic rings. The number of halogens is 2. The summed E-state index contributed by atoms with van der Waals surface area (Å²) in [4.78, 5) is 12.2. The van der Waals surface area contributed by atoms with Crippen LogP contribution in [-0.2, 0) is 6.61 Å². The number of carbonyl (C=O) groups is 1. The molecule has 0 aliphatic carbocycles. The first-order valence-corrected chi connectivity index (χ1v) is 11.2. The van der Waals surface area contributed by atoms with Crippen molar-refractivity contribution in [1.82, 2.24) is 5.43 Å². The van der Waals surface area contributed by atoms with Gasteiger partial charge in [0.2, 0.25) is 0 Å². The lowest BCUT2D eigenvalue weighted by Gasteiger charge is -2.15. The lowest BCUT2D eigenvalue weighted by atomic mass is 10.1. The van der Waals surface area contributed by atoms with Crippen LogP contribution in [0, 0.1) is 10.5 Å². The summed E-state index contributed by atoms with van der Waals surface area (Å²) in [6, 6.07) is 18.5. The Kier molecular flexibility index (Phi) is 8.31. The molecule has 0 saturated heterocycles. The van der Waals surface area contributed by atoms with Gasteiger partial charge in [-0.1, -0.05) is 35.9 Å². The third-order valence-electron chi connectivity index (χ3n) is 4.45. The van der Waals surface area contributed by atoms with E-state index in [4.69, 9.17) is 21.1 Å². The van der Waals surface area contributed by atoms with Crippen LogP contribution < -0.4 is 14.9 Å². The number of nitrogens with zero attached hydrogens (tertiary/aromatic N) is 1. The van der Waals surface area contributed by atoms with Crippen molar-refractivity contribution in [1.29, 1.82) is 0 Å². The molecular weight excluding hydrogens is 527 g/mol. The number of nitrogens with one attached hydrogen (secondary N) is 1. The summed E-state index contributed by atoms with van der Waals surface area (Å²) >= 11 is 8.06. The molecule has 0 radical (unpaired) electrons. The summed E-state index contributed by atoms with van der Waals surface area (Å²) in [5.74, 6) is 1.01. The van der Waals surface area contributed by atoms with Gasteiger partial charge < -0.3 is 9.47 Å². The molecule has 0 heterocycles. The van der Waals surface area contributed by atoms with Crippen LogP contribution in [-0.4, -0.2) is 18.7 Å². The highest BCUT2D eigenvalue weighted by Gasteiger charge is 2.13. The lowest BCUT2D eigenvalue weighted by Crippen LogP contribution is -2.17. The largest absolute Gasteiger partial charge is 0.490 e. The van der Waals surface area contributed by atoms with Gasteiger partial charge in [0.15, 0.2) is 11.5 Å². The highest BCUT2D eigenvalue weighted by atomic mass is 127. The van der Waals surface area contributed by atoms with E-state index < -0.39 is 0 Å². The maximum atomic E-state index is 12.2. The molecule has 0 unspecified atom stereocenters. The average molecular weight is 549 g/mol. The summed E-state index contributed by atoms with van der Waals surface area (Å²) in [5.41, 5.74) is 6.08. The Morgan fingerprint density at radius 1 is 1.13 bits per heavy atom. The van der Waals surface area contributed by atoms with Gasteiger partial charge in [0.25, 0.3) is 5.91 Å². The van der Waals surface area contributed by atoms with Crippen molar-refractivity contribution in [3.8, 4) is 11.5 Å². The smallest absolute Gasteiger partial charge is 0.271 e. The fourth-order valence-electron chi connectivity index (χ4n) is 2.82. The molecule has 3 aromatic carbocycles. The van der Waals surface area contributed by atoms with Crippen LogP contribution >= 0.6 is 34.2 Å². The minimum Gasteiger partial charge on any atom is -0.490 e. The molecule has 5 nitrogen and oxygen atoms in total. The normalized spacial score (nSPS) is 10.8. The van der Waals surface area contributed by atoms with Gasteiger partial charge in [0, 0.05) is 10.6 Å². The number of rotatable bonds is 8. The van der Waals surface area contributed by atoms with Gasteiger partial charge in [-0.3, -0.25) is 4.79 Å². The van der Waals surface area contributed by atoms with Crippen molar-refractivity contribution in [3.63, 3.8) is 0 Å². The van der Waals surface area contributed by atoms with E-state index in [1.165, 1.54) is 5.56 Å². The van der Waals surface area contributed by atoms with Crippen LogP contribution in [0.5, 0.6) is 11.5 Å². The van der Waals surface area contributed by atoms with E-state index in [1.54, 1.807) is 30.5 Å². The van der Waals surface area contributed by atoms with Crippen molar-refractivity contribution < 1.29 is 14.3 Å². The van der Waals surface area contributed by atoms with Gasteiger partial charge in [-0.2, -0.15) is 5.10 Å². The molecule has 0 aliphatic heterocycles. The fraction of sp³-hybridized carbons (Fsp3) is 0.167. The molecule has 0 aromatic heterocycles. The van der Waals surface area contributed by atoms with Crippen LogP contribution in [0.3, 0.4) is 0 Å². The van der Waals surface area contributed by atoms with E-state index in [0.717, 1.165) is 14.7 Å². The summed E-state index contributed by atoms with van der Waals surface area (Å²) < 4.78 is 12.8. The van der Waals surface area contributed by atoms with Crippen molar-refractivity contribution in [3.05, 3.63) is 91.5 Å². The minimum atomic E-state index is -0.314. The number of ether oxygens (including phenoxy) is 2. The van der Waals surface area contributed by atoms with Crippen LogP contribution in [0.1, 0.15) is 34.0 Å². The predicted octanol–water partition coefficient (Wildman–Crippen LogP) is 5.99. The maximum absolute atomic E-state index is 12.2. The van der Waals surface area contributed by atoms with Crippen LogP contribution in [0.15, 0.2) is 65.8 Å². The third kappa shape index (κ3) is 6.45. The molecule has 3 rings (SSSR count). The molecule has 0 fully saturated rings. The zero-order valence-corrected chi connectivity index (χ0v) is 20.1. The van der Waals surface area contributed by atoms with Gasteiger partial charge in [0.1, 0.15) is 6.61 Å². The molecule has 0 spiro atoms. The van der Waals surface area contributed by atoms with E-state index in [0.29, 0.717) is 35.3 Å². The Labute approximate surface area is 200 Å². The molecular formula is C24H22ClIN2O3. The van der Waals surface area contributed by atoms with Crippen LogP contribution in [0.4, 0.5) is 0 Å². The number of amides is 1. The Morgan fingerprint density at radius 3 is 2.58 bits per heavy atom. The van der Waals surface area contributed by atoms with E-state index >= 15 is 0 Å².